The fourth-order valence-corrected chi connectivity index (χ4v) is 2.00. The number of fused-ring (bicyclic) bond motifs is 1. The normalized spacial score (nSPS) is 10.9. The number of rotatable bonds is 6. The van der Waals surface area contributed by atoms with Crippen LogP contribution in [-0.4, -0.2) is 22.7 Å². The fourth-order valence-electron chi connectivity index (χ4n) is 2.00. The molecule has 0 spiro atoms. The van der Waals surface area contributed by atoms with Crippen LogP contribution in [0.4, 0.5) is 0 Å². The molecule has 5 heteroatoms. The van der Waals surface area contributed by atoms with Crippen LogP contribution in [0.1, 0.15) is 12.1 Å². The van der Waals surface area contributed by atoms with Gasteiger partial charge in [-0.15, -0.1) is 0 Å². The van der Waals surface area contributed by atoms with Crippen molar-refractivity contribution in [3.8, 4) is 0 Å². The zero-order chi connectivity index (χ0) is 13.0. The summed E-state index contributed by atoms with van der Waals surface area (Å²) in [6, 6.07) is 9.93. The summed E-state index contributed by atoms with van der Waals surface area (Å²) in [6.45, 7) is 0.857. The maximum absolute atomic E-state index is 10.7. The summed E-state index contributed by atoms with van der Waals surface area (Å²) < 4.78 is 1.99. The van der Waals surface area contributed by atoms with Crippen LogP contribution in [-0.2, 0) is 22.8 Å². The zero-order valence-corrected chi connectivity index (χ0v) is 10.2. The second-order valence-corrected chi connectivity index (χ2v) is 3.98. The average molecular weight is 248 g/mol. The molecule has 0 unspecified atom stereocenters. The van der Waals surface area contributed by atoms with Crippen LogP contribution < -0.4 is 5.48 Å². The van der Waals surface area contributed by atoms with E-state index in [-0.39, 0.29) is 6.42 Å². The van der Waals surface area contributed by atoms with Gasteiger partial charge in [0.2, 0.25) is 0 Å². The molecule has 5 nitrogen and oxygen atoms in total. The molecule has 0 amide bonds. The van der Waals surface area contributed by atoms with Crippen molar-refractivity contribution in [1.82, 2.24) is 10.0 Å². The van der Waals surface area contributed by atoms with Gasteiger partial charge in [0.1, 0.15) is 6.61 Å². The van der Waals surface area contributed by atoms with E-state index in [2.05, 4.69) is 5.48 Å². The SMILES string of the molecule is CNOCc1cc2ccccc2n1CCC(=O)O. The number of aliphatic carboxylic acids is 1. The second-order valence-electron chi connectivity index (χ2n) is 3.98. The first-order chi connectivity index (χ1) is 8.72. The highest BCUT2D eigenvalue weighted by atomic mass is 16.6. The largest absolute Gasteiger partial charge is 0.481 e. The molecule has 0 radical (unpaired) electrons. The van der Waals surface area contributed by atoms with Gasteiger partial charge >= 0.3 is 5.97 Å². The first-order valence-corrected chi connectivity index (χ1v) is 5.80. The van der Waals surface area contributed by atoms with E-state index >= 15 is 0 Å². The number of carboxylic acids is 1. The molecule has 1 aromatic heterocycles. The van der Waals surface area contributed by atoms with Crippen LogP contribution in [0.5, 0.6) is 0 Å². The van der Waals surface area contributed by atoms with E-state index in [4.69, 9.17) is 9.94 Å². The maximum atomic E-state index is 10.7. The van der Waals surface area contributed by atoms with Crippen LogP contribution in [0, 0.1) is 0 Å². The molecule has 18 heavy (non-hydrogen) atoms. The van der Waals surface area contributed by atoms with Gasteiger partial charge in [0.25, 0.3) is 0 Å². The lowest BCUT2D eigenvalue weighted by molar-refractivity contribution is -0.137. The summed E-state index contributed by atoms with van der Waals surface area (Å²) in [6.07, 6.45) is 0.102. The van der Waals surface area contributed by atoms with Crippen molar-refractivity contribution in [2.24, 2.45) is 0 Å². The quantitative estimate of drug-likeness (QED) is 0.765. The number of benzene rings is 1. The van der Waals surface area contributed by atoms with Crippen LogP contribution in [0.2, 0.25) is 0 Å². The number of nitrogens with one attached hydrogen (secondary N) is 1. The molecule has 0 saturated heterocycles. The number of nitrogens with zero attached hydrogens (tertiary/aromatic N) is 1. The second kappa shape index (κ2) is 5.66. The summed E-state index contributed by atoms with van der Waals surface area (Å²) in [4.78, 5) is 15.9. The molecule has 0 fully saturated rings. The Hall–Kier alpha value is -1.85. The first kappa shape index (κ1) is 12.6. The van der Waals surface area contributed by atoms with Crippen molar-refractivity contribution in [2.75, 3.05) is 7.05 Å². The lowest BCUT2D eigenvalue weighted by atomic mass is 10.2. The molecular weight excluding hydrogens is 232 g/mol. The Morgan fingerprint density at radius 3 is 2.94 bits per heavy atom. The first-order valence-electron chi connectivity index (χ1n) is 5.80. The summed E-state index contributed by atoms with van der Waals surface area (Å²) in [5, 5.41) is 9.89. The Morgan fingerprint density at radius 1 is 1.44 bits per heavy atom. The molecule has 0 aliphatic rings. The number of hydroxylamine groups is 1. The molecule has 1 aromatic carbocycles. The van der Waals surface area contributed by atoms with Crippen molar-refractivity contribution in [2.45, 2.75) is 19.6 Å². The Labute approximate surface area is 105 Å². The minimum Gasteiger partial charge on any atom is -0.481 e. The van der Waals surface area contributed by atoms with Gasteiger partial charge in [-0.2, -0.15) is 0 Å². The summed E-state index contributed by atoms with van der Waals surface area (Å²) in [7, 11) is 1.70. The van der Waals surface area contributed by atoms with Gasteiger partial charge in [-0.25, -0.2) is 5.48 Å². The Kier molecular flexibility index (Phi) is 3.96. The lowest BCUT2D eigenvalue weighted by Crippen LogP contribution is -2.12. The van der Waals surface area contributed by atoms with E-state index in [1.54, 1.807) is 7.05 Å². The smallest absolute Gasteiger partial charge is 0.305 e. The third-order valence-electron chi connectivity index (χ3n) is 2.81. The lowest BCUT2D eigenvalue weighted by Gasteiger charge is -2.09. The van der Waals surface area contributed by atoms with Gasteiger partial charge in [0.05, 0.1) is 6.42 Å². The molecule has 0 aliphatic heterocycles. The molecular formula is C13H16N2O3. The monoisotopic (exact) mass is 248 g/mol. The predicted octanol–water partition coefficient (Wildman–Crippen LogP) is 1.77. The molecule has 0 aliphatic carbocycles. The van der Waals surface area contributed by atoms with Gasteiger partial charge in [0.15, 0.2) is 0 Å². The van der Waals surface area contributed by atoms with Crippen molar-refractivity contribution in [3.05, 3.63) is 36.0 Å². The molecule has 0 atom stereocenters. The van der Waals surface area contributed by atoms with Crippen LogP contribution >= 0.6 is 0 Å². The number of para-hydroxylation sites is 1. The van der Waals surface area contributed by atoms with Gasteiger partial charge in [-0.05, 0) is 17.5 Å². The zero-order valence-electron chi connectivity index (χ0n) is 10.2. The fraction of sp³-hybridized carbons (Fsp3) is 0.308. The third-order valence-corrected chi connectivity index (χ3v) is 2.81. The third kappa shape index (κ3) is 2.69. The number of hydrogen-bond donors (Lipinski definition) is 2. The highest BCUT2D eigenvalue weighted by Crippen LogP contribution is 2.20. The number of aromatic nitrogens is 1. The van der Waals surface area contributed by atoms with E-state index < -0.39 is 5.97 Å². The molecule has 2 aromatic rings. The molecule has 2 N–H and O–H groups in total. The Bertz CT molecular complexity index is 548. The van der Waals surface area contributed by atoms with Crippen LogP contribution in [0.15, 0.2) is 30.3 Å². The van der Waals surface area contributed by atoms with E-state index in [9.17, 15) is 4.79 Å². The minimum atomic E-state index is -0.798. The van der Waals surface area contributed by atoms with Crippen molar-refractivity contribution in [1.29, 1.82) is 0 Å². The maximum Gasteiger partial charge on any atom is 0.305 e. The number of carbonyl (C=O) groups is 1. The molecule has 0 bridgehead atoms. The van der Waals surface area contributed by atoms with Gasteiger partial charge in [-0.3, -0.25) is 9.63 Å². The Balaban J connectivity index is 2.34. The molecule has 1 heterocycles. The van der Waals surface area contributed by atoms with Crippen LogP contribution in [0.3, 0.4) is 0 Å². The van der Waals surface area contributed by atoms with Gasteiger partial charge in [-0.1, -0.05) is 18.2 Å². The highest BCUT2D eigenvalue weighted by Gasteiger charge is 2.09. The number of carboxylic acid groups (broad SMARTS) is 1. The summed E-state index contributed by atoms with van der Waals surface area (Å²) >= 11 is 0. The predicted molar refractivity (Wildman–Crippen MR) is 68.0 cm³/mol. The molecule has 2 rings (SSSR count). The highest BCUT2D eigenvalue weighted by molar-refractivity contribution is 5.81. The minimum absolute atomic E-state index is 0.102. The van der Waals surface area contributed by atoms with Crippen molar-refractivity contribution >= 4 is 16.9 Å². The topological polar surface area (TPSA) is 63.5 Å². The summed E-state index contributed by atoms with van der Waals surface area (Å²) in [5.41, 5.74) is 4.62. The number of aryl methyl sites for hydroxylation is 1. The van der Waals surface area contributed by atoms with Crippen molar-refractivity contribution in [3.63, 3.8) is 0 Å². The standard InChI is InChI=1S/C13H16N2O3/c1-14-18-9-11-8-10-4-2-3-5-12(10)15(11)7-6-13(16)17/h2-5,8,14H,6-7,9H2,1H3,(H,16,17). The van der Waals surface area contributed by atoms with E-state index in [0.29, 0.717) is 13.2 Å². The summed E-state index contributed by atoms with van der Waals surface area (Å²) in [5.74, 6) is -0.798. The van der Waals surface area contributed by atoms with Crippen LogP contribution in [0.25, 0.3) is 10.9 Å². The van der Waals surface area contributed by atoms with E-state index in [0.717, 1.165) is 16.6 Å². The average Bonchev–Trinajstić information content (AvgIpc) is 2.71. The van der Waals surface area contributed by atoms with E-state index in [1.807, 2.05) is 34.9 Å². The molecule has 96 valence electrons. The van der Waals surface area contributed by atoms with Gasteiger partial charge in [0, 0.05) is 24.8 Å². The van der Waals surface area contributed by atoms with E-state index in [1.165, 1.54) is 0 Å². The Morgan fingerprint density at radius 2 is 2.22 bits per heavy atom. The van der Waals surface area contributed by atoms with Gasteiger partial charge < -0.3 is 9.67 Å². The number of hydrogen-bond acceptors (Lipinski definition) is 3. The van der Waals surface area contributed by atoms with Crippen molar-refractivity contribution < 1.29 is 14.7 Å². The molecule has 0 saturated carbocycles.